The Labute approximate surface area is 126 Å². The Bertz CT molecular complexity index is 675. The fraction of sp³-hybridized carbons (Fsp3) is 0.375. The summed E-state index contributed by atoms with van der Waals surface area (Å²) in [6.45, 7) is 1.69. The molecule has 1 N–H and O–H groups in total. The molecule has 2 aromatic rings. The van der Waals surface area contributed by atoms with Crippen LogP contribution in [0.5, 0.6) is 0 Å². The van der Waals surface area contributed by atoms with Crippen LogP contribution in [-0.2, 0) is 6.42 Å². The van der Waals surface area contributed by atoms with Gasteiger partial charge in [-0.3, -0.25) is 4.79 Å². The van der Waals surface area contributed by atoms with E-state index in [1.807, 2.05) is 0 Å². The van der Waals surface area contributed by atoms with Crippen LogP contribution in [-0.4, -0.2) is 17.1 Å². The number of benzene rings is 1. The zero-order valence-electron chi connectivity index (χ0n) is 12.1. The lowest BCUT2D eigenvalue weighted by molar-refractivity contribution is 0.0930. The molecule has 1 aromatic carbocycles. The number of aromatic nitrogens is 1. The largest absolute Gasteiger partial charge is 0.360 e. The molecule has 6 heteroatoms. The fourth-order valence-electron chi connectivity index (χ4n) is 2.34. The van der Waals surface area contributed by atoms with E-state index in [0.29, 0.717) is 5.92 Å². The minimum Gasteiger partial charge on any atom is -0.360 e. The van der Waals surface area contributed by atoms with E-state index in [1.165, 1.54) is 18.2 Å². The lowest BCUT2D eigenvalue weighted by Crippen LogP contribution is -2.34. The van der Waals surface area contributed by atoms with Gasteiger partial charge in [0.15, 0.2) is 5.69 Å². The Hall–Kier alpha value is -2.24. The van der Waals surface area contributed by atoms with E-state index in [0.717, 1.165) is 18.6 Å². The van der Waals surface area contributed by atoms with Gasteiger partial charge in [0.2, 0.25) is 0 Å². The van der Waals surface area contributed by atoms with Gasteiger partial charge in [-0.15, -0.1) is 0 Å². The molecule has 1 aromatic heterocycles. The molecular weight excluding hydrogens is 290 g/mol. The van der Waals surface area contributed by atoms with Crippen LogP contribution in [0.15, 0.2) is 28.8 Å². The number of hydrogen-bond donors (Lipinski definition) is 1. The molecular formula is C16H16F2N2O2. The van der Waals surface area contributed by atoms with Gasteiger partial charge in [-0.25, -0.2) is 8.78 Å². The third-order valence-electron chi connectivity index (χ3n) is 3.69. The van der Waals surface area contributed by atoms with Gasteiger partial charge in [0.25, 0.3) is 5.91 Å². The Balaban J connectivity index is 1.63. The smallest absolute Gasteiger partial charge is 0.273 e. The molecule has 0 spiro atoms. The highest BCUT2D eigenvalue weighted by Crippen LogP contribution is 2.40. The molecule has 0 aliphatic heterocycles. The van der Waals surface area contributed by atoms with Crippen molar-refractivity contribution in [3.05, 3.63) is 52.9 Å². The van der Waals surface area contributed by atoms with Crippen LogP contribution in [0.1, 0.15) is 47.5 Å². The molecule has 4 nitrogen and oxygen atoms in total. The summed E-state index contributed by atoms with van der Waals surface area (Å²) >= 11 is 0. The van der Waals surface area contributed by atoms with Crippen molar-refractivity contribution in [2.75, 3.05) is 0 Å². The third-order valence-corrected chi connectivity index (χ3v) is 3.69. The van der Waals surface area contributed by atoms with Crippen molar-refractivity contribution in [2.45, 2.75) is 38.1 Å². The van der Waals surface area contributed by atoms with Crippen molar-refractivity contribution in [1.29, 1.82) is 0 Å². The maximum absolute atomic E-state index is 13.6. The second-order valence-electron chi connectivity index (χ2n) is 5.67. The number of nitrogens with one attached hydrogen (secondary N) is 1. The average molecular weight is 306 g/mol. The van der Waals surface area contributed by atoms with Crippen LogP contribution in [0, 0.1) is 11.6 Å². The number of halogens is 2. The standard InChI is InChI=1S/C16H16F2N2O2/c1-9(7-11-12(17)3-2-4-13(11)18)19-16(21)14-8-15(22-20-14)10-5-6-10/h2-4,8-10H,5-7H2,1H3,(H,19,21)/t9-/m1/s1. The van der Waals surface area contributed by atoms with E-state index in [2.05, 4.69) is 10.5 Å². The van der Waals surface area contributed by atoms with Gasteiger partial charge in [0.05, 0.1) is 0 Å². The Morgan fingerprint density at radius 1 is 1.41 bits per heavy atom. The zero-order chi connectivity index (χ0) is 15.7. The topological polar surface area (TPSA) is 55.1 Å². The Morgan fingerprint density at radius 3 is 2.73 bits per heavy atom. The third kappa shape index (κ3) is 3.16. The second-order valence-corrected chi connectivity index (χ2v) is 5.67. The molecule has 1 fully saturated rings. The average Bonchev–Trinajstić information content (AvgIpc) is 3.20. The summed E-state index contributed by atoms with van der Waals surface area (Å²) in [5, 5.41) is 6.41. The predicted octanol–water partition coefficient (Wildman–Crippen LogP) is 3.19. The van der Waals surface area contributed by atoms with Crippen LogP contribution < -0.4 is 5.32 Å². The van der Waals surface area contributed by atoms with E-state index in [-0.39, 0.29) is 17.7 Å². The number of carbonyl (C=O) groups excluding carboxylic acids is 1. The highest BCUT2D eigenvalue weighted by atomic mass is 19.1. The first-order valence-electron chi connectivity index (χ1n) is 7.25. The first-order chi connectivity index (χ1) is 10.5. The van der Waals surface area contributed by atoms with Gasteiger partial charge in [-0.1, -0.05) is 11.2 Å². The molecule has 1 atom stereocenters. The van der Waals surface area contributed by atoms with Crippen molar-refractivity contribution in [3.8, 4) is 0 Å². The summed E-state index contributed by atoms with van der Waals surface area (Å²) in [5.41, 5.74) is 0.164. The number of nitrogens with zero attached hydrogens (tertiary/aromatic N) is 1. The second kappa shape index (κ2) is 5.87. The van der Waals surface area contributed by atoms with Crippen molar-refractivity contribution in [2.24, 2.45) is 0 Å². The molecule has 1 aliphatic carbocycles. The quantitative estimate of drug-likeness (QED) is 0.923. The van der Waals surface area contributed by atoms with Crippen molar-refractivity contribution >= 4 is 5.91 Å². The molecule has 3 rings (SSSR count). The van der Waals surface area contributed by atoms with Gasteiger partial charge in [-0.2, -0.15) is 0 Å². The maximum atomic E-state index is 13.6. The van der Waals surface area contributed by atoms with Crippen molar-refractivity contribution in [1.82, 2.24) is 10.5 Å². The van der Waals surface area contributed by atoms with Crippen LogP contribution in [0.3, 0.4) is 0 Å². The molecule has 1 aliphatic rings. The highest BCUT2D eigenvalue weighted by molar-refractivity contribution is 5.92. The molecule has 0 bridgehead atoms. The summed E-state index contributed by atoms with van der Waals surface area (Å²) in [4.78, 5) is 12.1. The number of rotatable bonds is 5. The molecule has 0 saturated heterocycles. The van der Waals surface area contributed by atoms with Crippen molar-refractivity contribution < 1.29 is 18.1 Å². The summed E-state index contributed by atoms with van der Waals surface area (Å²) < 4.78 is 32.3. The SMILES string of the molecule is C[C@H](Cc1c(F)cccc1F)NC(=O)c1cc(C2CC2)on1. The Kier molecular flexibility index (Phi) is 3.92. The van der Waals surface area contributed by atoms with Gasteiger partial charge in [0, 0.05) is 23.6 Å². The lowest BCUT2D eigenvalue weighted by Gasteiger charge is -2.13. The maximum Gasteiger partial charge on any atom is 0.273 e. The van der Waals surface area contributed by atoms with E-state index < -0.39 is 23.6 Å². The summed E-state index contributed by atoms with van der Waals surface area (Å²) in [6.07, 6.45) is 2.18. The van der Waals surface area contributed by atoms with Crippen LogP contribution in [0.4, 0.5) is 8.78 Å². The summed E-state index contributed by atoms with van der Waals surface area (Å²) in [7, 11) is 0. The minimum absolute atomic E-state index is 0.0332. The molecule has 1 amide bonds. The molecule has 0 radical (unpaired) electrons. The number of carbonyl (C=O) groups is 1. The summed E-state index contributed by atoms with van der Waals surface area (Å²) in [6, 6.07) is 4.91. The predicted molar refractivity (Wildman–Crippen MR) is 75.5 cm³/mol. The van der Waals surface area contributed by atoms with Gasteiger partial charge in [0.1, 0.15) is 17.4 Å². The van der Waals surface area contributed by atoms with E-state index in [9.17, 15) is 13.6 Å². The minimum atomic E-state index is -0.612. The van der Waals surface area contributed by atoms with Gasteiger partial charge in [-0.05, 0) is 38.3 Å². The normalized spacial score (nSPS) is 15.6. The first-order valence-corrected chi connectivity index (χ1v) is 7.25. The number of hydrogen-bond acceptors (Lipinski definition) is 3. The molecule has 22 heavy (non-hydrogen) atoms. The van der Waals surface area contributed by atoms with Crippen LogP contribution in [0.2, 0.25) is 0 Å². The van der Waals surface area contributed by atoms with E-state index >= 15 is 0 Å². The first kappa shape index (κ1) is 14.7. The zero-order valence-corrected chi connectivity index (χ0v) is 12.1. The Morgan fingerprint density at radius 2 is 2.09 bits per heavy atom. The highest BCUT2D eigenvalue weighted by Gasteiger charge is 2.29. The molecule has 1 heterocycles. The van der Waals surface area contributed by atoms with Gasteiger partial charge < -0.3 is 9.84 Å². The fourth-order valence-corrected chi connectivity index (χ4v) is 2.34. The molecule has 1 saturated carbocycles. The van der Waals surface area contributed by atoms with Crippen LogP contribution >= 0.6 is 0 Å². The number of amides is 1. The van der Waals surface area contributed by atoms with E-state index in [4.69, 9.17) is 4.52 Å². The molecule has 116 valence electrons. The van der Waals surface area contributed by atoms with E-state index in [1.54, 1.807) is 13.0 Å². The summed E-state index contributed by atoms with van der Waals surface area (Å²) in [5.74, 6) is -0.533. The molecule has 0 unspecified atom stereocenters. The van der Waals surface area contributed by atoms with Crippen molar-refractivity contribution in [3.63, 3.8) is 0 Å². The van der Waals surface area contributed by atoms with Gasteiger partial charge >= 0.3 is 0 Å². The lowest BCUT2D eigenvalue weighted by atomic mass is 10.1. The monoisotopic (exact) mass is 306 g/mol. The van der Waals surface area contributed by atoms with Crippen LogP contribution in [0.25, 0.3) is 0 Å².